The monoisotopic (exact) mass is 450 g/mol. The van der Waals surface area contributed by atoms with Crippen LogP contribution in [0.25, 0.3) is 6.08 Å². The van der Waals surface area contributed by atoms with Crippen molar-refractivity contribution in [1.82, 2.24) is 0 Å². The molecule has 0 aliphatic carbocycles. The van der Waals surface area contributed by atoms with Gasteiger partial charge in [-0.15, -0.1) is 0 Å². The van der Waals surface area contributed by atoms with E-state index in [0.717, 1.165) is 42.0 Å². The number of rotatable bonds is 4. The number of furan rings is 1. The predicted molar refractivity (Wildman–Crippen MR) is 115 cm³/mol. The quantitative estimate of drug-likeness (QED) is 0.708. The maximum absolute atomic E-state index is 9.76. The minimum absolute atomic E-state index is 0.264. The van der Waals surface area contributed by atoms with E-state index < -0.39 is 12.1 Å². The van der Waals surface area contributed by atoms with E-state index in [1.165, 1.54) is 0 Å². The Morgan fingerprint density at radius 3 is 2.62 bits per heavy atom. The molecular weight excluding hydrogens is 432 g/mol. The van der Waals surface area contributed by atoms with Crippen LogP contribution in [0.3, 0.4) is 0 Å². The van der Waals surface area contributed by atoms with Gasteiger partial charge in [-0.05, 0) is 40.9 Å². The van der Waals surface area contributed by atoms with Crippen LogP contribution in [0, 0.1) is 28.6 Å². The van der Waals surface area contributed by atoms with Crippen LogP contribution in [0.2, 0.25) is 0 Å². The van der Waals surface area contributed by atoms with Crippen molar-refractivity contribution in [3.05, 3.63) is 52.2 Å². The molecule has 0 saturated carbocycles. The maximum Gasteiger partial charge on any atom is 0.210 e. The summed E-state index contributed by atoms with van der Waals surface area (Å²) in [6.07, 6.45) is 3.22. The number of nitrogens with two attached hydrogens (primary N) is 1. The summed E-state index contributed by atoms with van der Waals surface area (Å²) in [6, 6.07) is 15.5. The van der Waals surface area contributed by atoms with Gasteiger partial charge in [-0.1, -0.05) is 18.2 Å². The van der Waals surface area contributed by atoms with Crippen molar-refractivity contribution >= 4 is 39.3 Å². The van der Waals surface area contributed by atoms with Crippen LogP contribution in [0.5, 0.6) is 0 Å². The SMILES string of the molecule is N#C/C(=C/c1cc(Br)c(N2CCCC2)o1)C1=NN(c2ccccc2)[C@@H](N)[C@H]1C#N. The lowest BCUT2D eigenvalue weighted by atomic mass is 9.96. The molecule has 1 aromatic carbocycles. The van der Waals surface area contributed by atoms with Crippen LogP contribution < -0.4 is 15.6 Å². The van der Waals surface area contributed by atoms with Crippen LogP contribution in [0.4, 0.5) is 11.6 Å². The van der Waals surface area contributed by atoms with E-state index in [1.807, 2.05) is 36.4 Å². The van der Waals surface area contributed by atoms with Crippen LogP contribution in [0.1, 0.15) is 18.6 Å². The van der Waals surface area contributed by atoms with Crippen molar-refractivity contribution in [2.24, 2.45) is 16.8 Å². The van der Waals surface area contributed by atoms with E-state index >= 15 is 0 Å². The maximum atomic E-state index is 9.76. The Hall–Kier alpha value is -3.07. The number of para-hydroxylation sites is 1. The van der Waals surface area contributed by atoms with E-state index in [9.17, 15) is 10.5 Å². The lowest BCUT2D eigenvalue weighted by Gasteiger charge is -2.21. The second-order valence-corrected chi connectivity index (χ2v) is 7.78. The molecule has 4 rings (SSSR count). The van der Waals surface area contributed by atoms with Crippen LogP contribution >= 0.6 is 15.9 Å². The second kappa shape index (κ2) is 8.12. The first kappa shape index (κ1) is 19.3. The van der Waals surface area contributed by atoms with E-state index in [1.54, 1.807) is 11.1 Å². The minimum atomic E-state index is -0.724. The van der Waals surface area contributed by atoms with Gasteiger partial charge in [0.05, 0.1) is 27.5 Å². The highest BCUT2D eigenvalue weighted by Crippen LogP contribution is 2.34. The van der Waals surface area contributed by atoms with Gasteiger partial charge in [0.25, 0.3) is 0 Å². The molecule has 2 aromatic rings. The van der Waals surface area contributed by atoms with Crippen LogP contribution in [-0.2, 0) is 0 Å². The fraction of sp³-hybridized carbons (Fsp3) is 0.286. The normalized spacial score (nSPS) is 21.8. The number of nitriles is 2. The summed E-state index contributed by atoms with van der Waals surface area (Å²) in [4.78, 5) is 2.17. The Labute approximate surface area is 177 Å². The van der Waals surface area contributed by atoms with Crippen molar-refractivity contribution < 1.29 is 4.42 Å². The highest BCUT2D eigenvalue weighted by Gasteiger charge is 2.37. The van der Waals surface area contributed by atoms with Crippen molar-refractivity contribution in [3.8, 4) is 12.1 Å². The molecule has 2 atom stereocenters. The number of hydrazone groups is 1. The van der Waals surface area contributed by atoms with Gasteiger partial charge in [0.2, 0.25) is 5.88 Å². The summed E-state index contributed by atoms with van der Waals surface area (Å²) >= 11 is 3.54. The highest BCUT2D eigenvalue weighted by atomic mass is 79.9. The number of hydrogen-bond acceptors (Lipinski definition) is 7. The van der Waals surface area contributed by atoms with Gasteiger partial charge in [-0.3, -0.25) is 0 Å². The average Bonchev–Trinajstić information content (AvgIpc) is 3.46. The third-order valence-corrected chi connectivity index (χ3v) is 5.63. The summed E-state index contributed by atoms with van der Waals surface area (Å²) < 4.78 is 6.81. The van der Waals surface area contributed by atoms with E-state index in [2.05, 4.69) is 38.1 Å². The Morgan fingerprint density at radius 2 is 1.97 bits per heavy atom. The van der Waals surface area contributed by atoms with Crippen molar-refractivity contribution in [2.45, 2.75) is 19.0 Å². The summed E-state index contributed by atoms with van der Waals surface area (Å²) in [5.74, 6) is 0.567. The standard InChI is InChI=1S/C21H19BrN6O/c22-18-11-16(29-21(18)27-8-4-5-9-27)10-14(12-23)19-17(13-24)20(25)28(26-19)15-6-2-1-3-7-15/h1-3,6-7,10-11,17,20H,4-5,8-9,25H2/b14-10-/t17-,20+/m0/s1. The molecule has 2 aliphatic rings. The largest absolute Gasteiger partial charge is 0.440 e. The van der Waals surface area contributed by atoms with E-state index in [-0.39, 0.29) is 5.57 Å². The highest BCUT2D eigenvalue weighted by molar-refractivity contribution is 9.10. The molecule has 2 N–H and O–H groups in total. The number of allylic oxidation sites excluding steroid dienone is 1. The molecule has 146 valence electrons. The summed E-state index contributed by atoms with van der Waals surface area (Å²) in [6.45, 7) is 1.90. The third-order valence-electron chi connectivity index (χ3n) is 5.06. The Kier molecular flexibility index (Phi) is 5.39. The molecular formula is C21H19BrN6O. The first-order valence-corrected chi connectivity index (χ1v) is 10.2. The molecule has 0 amide bonds. The number of nitrogens with zero attached hydrogens (tertiary/aromatic N) is 5. The topological polar surface area (TPSA) is 106 Å². The molecule has 0 unspecified atom stereocenters. The van der Waals surface area contributed by atoms with Gasteiger partial charge in [0.1, 0.15) is 23.9 Å². The zero-order valence-electron chi connectivity index (χ0n) is 15.6. The zero-order valence-corrected chi connectivity index (χ0v) is 17.2. The molecule has 1 fully saturated rings. The van der Waals surface area contributed by atoms with Gasteiger partial charge in [-0.25, -0.2) is 5.01 Å². The van der Waals surface area contributed by atoms with Crippen molar-refractivity contribution in [1.29, 1.82) is 10.5 Å². The van der Waals surface area contributed by atoms with Crippen LogP contribution in [0.15, 0.2) is 56.0 Å². The Bertz CT molecular complexity index is 1040. The molecule has 8 heteroatoms. The molecule has 0 spiro atoms. The molecule has 0 bridgehead atoms. The van der Waals surface area contributed by atoms with Gasteiger partial charge in [-0.2, -0.15) is 15.6 Å². The molecule has 7 nitrogen and oxygen atoms in total. The summed E-state index contributed by atoms with van der Waals surface area (Å²) in [5.41, 5.74) is 7.65. The summed E-state index contributed by atoms with van der Waals surface area (Å²) in [5, 5.41) is 25.5. The van der Waals surface area contributed by atoms with Gasteiger partial charge in [0.15, 0.2) is 0 Å². The molecule has 0 radical (unpaired) electrons. The molecule has 1 aromatic heterocycles. The van der Waals surface area contributed by atoms with E-state index in [0.29, 0.717) is 11.5 Å². The molecule has 29 heavy (non-hydrogen) atoms. The smallest absolute Gasteiger partial charge is 0.210 e. The predicted octanol–water partition coefficient (Wildman–Crippen LogP) is 3.85. The first-order chi connectivity index (χ1) is 14.1. The van der Waals surface area contributed by atoms with Gasteiger partial charge in [0, 0.05) is 25.2 Å². The van der Waals surface area contributed by atoms with Gasteiger partial charge >= 0.3 is 0 Å². The first-order valence-electron chi connectivity index (χ1n) is 9.37. The molecule has 2 aliphatic heterocycles. The van der Waals surface area contributed by atoms with E-state index in [4.69, 9.17) is 10.2 Å². The van der Waals surface area contributed by atoms with Crippen LogP contribution in [-0.4, -0.2) is 25.0 Å². The zero-order chi connectivity index (χ0) is 20.4. The fourth-order valence-electron chi connectivity index (χ4n) is 3.61. The number of halogens is 1. The summed E-state index contributed by atoms with van der Waals surface area (Å²) in [7, 11) is 0. The molecule has 3 heterocycles. The van der Waals surface area contributed by atoms with Crippen molar-refractivity contribution in [2.75, 3.05) is 23.0 Å². The fourth-order valence-corrected chi connectivity index (χ4v) is 4.16. The number of anilines is 2. The number of benzene rings is 1. The Morgan fingerprint density at radius 1 is 1.24 bits per heavy atom. The Balaban J connectivity index is 1.68. The van der Waals surface area contributed by atoms with Gasteiger partial charge < -0.3 is 15.1 Å². The minimum Gasteiger partial charge on any atom is -0.440 e. The lowest BCUT2D eigenvalue weighted by molar-refractivity contribution is 0.546. The van der Waals surface area contributed by atoms with Crippen molar-refractivity contribution in [3.63, 3.8) is 0 Å². The second-order valence-electron chi connectivity index (χ2n) is 6.93. The molecule has 1 saturated heterocycles. The number of hydrogen-bond donors (Lipinski definition) is 1. The third kappa shape index (κ3) is 3.65. The average molecular weight is 451 g/mol. The lowest BCUT2D eigenvalue weighted by Crippen LogP contribution is -2.40.